The molecular formula is C14H19Cl2N3O2. The number of carbonyl (C=O) groups excluding carboxylic acids is 2. The second-order valence-corrected chi connectivity index (χ2v) is 5.46. The molecule has 0 saturated heterocycles. The Hall–Kier alpha value is -1.30. The average Bonchev–Trinajstić information content (AvgIpc) is 2.86. The maximum absolute atomic E-state index is 12.2. The van der Waals surface area contributed by atoms with Crippen molar-refractivity contribution in [3.05, 3.63) is 28.8 Å². The van der Waals surface area contributed by atoms with Crippen LogP contribution < -0.4 is 16.4 Å². The van der Waals surface area contributed by atoms with Gasteiger partial charge in [-0.25, -0.2) is 0 Å². The van der Waals surface area contributed by atoms with Crippen LogP contribution >= 0.6 is 24.0 Å². The molecular weight excluding hydrogens is 313 g/mol. The number of carbonyl (C=O) groups is 2. The van der Waals surface area contributed by atoms with Crippen molar-refractivity contribution in [1.82, 2.24) is 5.32 Å². The van der Waals surface area contributed by atoms with Gasteiger partial charge in [0.05, 0.1) is 11.3 Å². The number of anilines is 1. The van der Waals surface area contributed by atoms with Gasteiger partial charge >= 0.3 is 0 Å². The molecule has 0 aromatic heterocycles. The first-order chi connectivity index (χ1) is 9.51. The number of rotatable bonds is 3. The molecule has 1 aromatic rings. The van der Waals surface area contributed by atoms with E-state index < -0.39 is 0 Å². The van der Waals surface area contributed by atoms with Crippen molar-refractivity contribution < 1.29 is 9.59 Å². The van der Waals surface area contributed by atoms with Gasteiger partial charge in [-0.15, -0.1) is 12.4 Å². The first-order valence-corrected chi connectivity index (χ1v) is 6.97. The van der Waals surface area contributed by atoms with Gasteiger partial charge in [0, 0.05) is 24.0 Å². The molecule has 1 aliphatic carbocycles. The van der Waals surface area contributed by atoms with Crippen LogP contribution in [0.25, 0.3) is 0 Å². The van der Waals surface area contributed by atoms with E-state index in [1.54, 1.807) is 12.1 Å². The Balaban J connectivity index is 0.00000220. The summed E-state index contributed by atoms with van der Waals surface area (Å²) in [5, 5.41) is 5.78. The highest BCUT2D eigenvalue weighted by Crippen LogP contribution is 2.27. The zero-order chi connectivity index (χ0) is 14.7. The van der Waals surface area contributed by atoms with Crippen LogP contribution in [0.1, 0.15) is 29.6 Å². The molecule has 2 rings (SSSR count). The number of hydrogen-bond donors (Lipinski definition) is 3. The lowest BCUT2D eigenvalue weighted by Gasteiger charge is -2.14. The van der Waals surface area contributed by atoms with E-state index in [1.165, 1.54) is 13.1 Å². The lowest BCUT2D eigenvalue weighted by molar-refractivity contribution is -0.119. The molecule has 2 amide bonds. The van der Waals surface area contributed by atoms with Crippen molar-refractivity contribution in [3.8, 4) is 0 Å². The van der Waals surface area contributed by atoms with Crippen LogP contribution in [0.3, 0.4) is 0 Å². The van der Waals surface area contributed by atoms with Crippen LogP contribution in [0.15, 0.2) is 18.2 Å². The van der Waals surface area contributed by atoms with E-state index in [1.807, 2.05) is 0 Å². The summed E-state index contributed by atoms with van der Waals surface area (Å²) in [5.74, 6) is -0.463. The molecule has 2 unspecified atom stereocenters. The zero-order valence-electron chi connectivity index (χ0n) is 11.7. The first kappa shape index (κ1) is 17.8. The van der Waals surface area contributed by atoms with E-state index in [0.717, 1.165) is 12.8 Å². The fourth-order valence-electron chi connectivity index (χ4n) is 2.44. The molecule has 1 saturated carbocycles. The van der Waals surface area contributed by atoms with Crippen LogP contribution in [-0.2, 0) is 4.79 Å². The summed E-state index contributed by atoms with van der Waals surface area (Å²) in [5.41, 5.74) is 6.64. The molecule has 0 heterocycles. The van der Waals surface area contributed by atoms with Crippen molar-refractivity contribution >= 4 is 41.5 Å². The third-order valence-corrected chi connectivity index (χ3v) is 3.79. The van der Waals surface area contributed by atoms with Crippen molar-refractivity contribution in [3.63, 3.8) is 0 Å². The lowest BCUT2D eigenvalue weighted by Crippen LogP contribution is -2.25. The smallest absolute Gasteiger partial charge is 0.253 e. The first-order valence-electron chi connectivity index (χ1n) is 6.59. The molecule has 21 heavy (non-hydrogen) atoms. The highest BCUT2D eigenvalue weighted by Gasteiger charge is 2.28. The van der Waals surface area contributed by atoms with Gasteiger partial charge in [0.15, 0.2) is 0 Å². The Morgan fingerprint density at radius 2 is 2.05 bits per heavy atom. The maximum Gasteiger partial charge on any atom is 0.253 e. The summed E-state index contributed by atoms with van der Waals surface area (Å²) in [7, 11) is 1.53. The van der Waals surface area contributed by atoms with Crippen LogP contribution in [0.4, 0.5) is 5.69 Å². The number of nitrogens with one attached hydrogen (secondary N) is 2. The van der Waals surface area contributed by atoms with Gasteiger partial charge in [0.1, 0.15) is 0 Å². The molecule has 5 nitrogen and oxygen atoms in total. The number of benzene rings is 1. The highest BCUT2D eigenvalue weighted by atomic mass is 35.5. The van der Waals surface area contributed by atoms with Crippen LogP contribution in [0.2, 0.25) is 5.02 Å². The lowest BCUT2D eigenvalue weighted by atomic mass is 10.1. The summed E-state index contributed by atoms with van der Waals surface area (Å²) < 4.78 is 0. The van der Waals surface area contributed by atoms with Gasteiger partial charge in [-0.3, -0.25) is 9.59 Å². The summed E-state index contributed by atoms with van der Waals surface area (Å²) in [4.78, 5) is 24.0. The number of nitrogens with two attached hydrogens (primary N) is 1. The standard InChI is InChI=1S/C14H18ClN3O2.ClH/c1-17-14(20)11-7-9(15)3-5-12(11)18-13(19)8-2-4-10(16)6-8;/h3,5,7-8,10H,2,4,6,16H2,1H3,(H,17,20)(H,18,19);1H. The summed E-state index contributed by atoms with van der Waals surface area (Å²) in [6.45, 7) is 0. The number of amides is 2. The molecule has 0 spiro atoms. The third kappa shape index (κ3) is 4.33. The topological polar surface area (TPSA) is 84.2 Å². The van der Waals surface area contributed by atoms with Gasteiger partial charge in [-0.1, -0.05) is 11.6 Å². The molecule has 1 aliphatic rings. The molecule has 4 N–H and O–H groups in total. The molecule has 0 radical (unpaired) electrons. The number of halogens is 2. The van der Waals surface area contributed by atoms with Crippen molar-refractivity contribution in [2.45, 2.75) is 25.3 Å². The van der Waals surface area contributed by atoms with Gasteiger partial charge in [-0.2, -0.15) is 0 Å². The highest BCUT2D eigenvalue weighted by molar-refractivity contribution is 6.31. The van der Waals surface area contributed by atoms with Gasteiger partial charge in [0.25, 0.3) is 5.91 Å². The monoisotopic (exact) mass is 331 g/mol. The van der Waals surface area contributed by atoms with Crippen molar-refractivity contribution in [2.75, 3.05) is 12.4 Å². The Morgan fingerprint density at radius 3 is 2.62 bits per heavy atom. The molecule has 1 aromatic carbocycles. The summed E-state index contributed by atoms with van der Waals surface area (Å²) in [6.07, 6.45) is 2.34. The van der Waals surface area contributed by atoms with Gasteiger partial charge < -0.3 is 16.4 Å². The largest absolute Gasteiger partial charge is 0.355 e. The second kappa shape index (κ2) is 7.64. The van der Waals surface area contributed by atoms with E-state index in [4.69, 9.17) is 17.3 Å². The van der Waals surface area contributed by atoms with E-state index in [-0.39, 0.29) is 36.2 Å². The minimum Gasteiger partial charge on any atom is -0.355 e. The Morgan fingerprint density at radius 1 is 1.33 bits per heavy atom. The quantitative estimate of drug-likeness (QED) is 0.793. The number of hydrogen-bond acceptors (Lipinski definition) is 3. The van der Waals surface area contributed by atoms with Crippen LogP contribution in [-0.4, -0.2) is 24.9 Å². The zero-order valence-corrected chi connectivity index (χ0v) is 13.3. The molecule has 1 fully saturated rings. The van der Waals surface area contributed by atoms with E-state index in [0.29, 0.717) is 22.7 Å². The molecule has 0 aliphatic heterocycles. The minimum atomic E-state index is -0.286. The Bertz CT molecular complexity index is 537. The van der Waals surface area contributed by atoms with E-state index in [9.17, 15) is 9.59 Å². The van der Waals surface area contributed by atoms with Gasteiger partial charge in [0.2, 0.25) is 5.91 Å². The summed E-state index contributed by atoms with van der Waals surface area (Å²) in [6, 6.07) is 4.91. The molecule has 0 bridgehead atoms. The molecule has 7 heteroatoms. The normalized spacial score (nSPS) is 20.5. The summed E-state index contributed by atoms with van der Waals surface area (Å²) >= 11 is 5.89. The Labute approximate surface area is 135 Å². The minimum absolute atomic E-state index is 0. The average molecular weight is 332 g/mol. The predicted molar refractivity (Wildman–Crippen MR) is 86.0 cm³/mol. The van der Waals surface area contributed by atoms with E-state index >= 15 is 0 Å². The second-order valence-electron chi connectivity index (χ2n) is 5.03. The van der Waals surface area contributed by atoms with E-state index in [2.05, 4.69) is 10.6 Å². The molecule has 2 atom stereocenters. The van der Waals surface area contributed by atoms with Gasteiger partial charge in [-0.05, 0) is 37.5 Å². The maximum atomic E-state index is 12.2. The molecule has 116 valence electrons. The van der Waals surface area contributed by atoms with Crippen molar-refractivity contribution in [1.29, 1.82) is 0 Å². The third-order valence-electron chi connectivity index (χ3n) is 3.56. The SMILES string of the molecule is CNC(=O)c1cc(Cl)ccc1NC(=O)C1CCC(N)C1.Cl. The Kier molecular flexibility index (Phi) is 6.45. The van der Waals surface area contributed by atoms with Crippen LogP contribution in [0.5, 0.6) is 0 Å². The van der Waals surface area contributed by atoms with Crippen LogP contribution in [0, 0.1) is 5.92 Å². The predicted octanol–water partition coefficient (Wildman–Crippen LogP) is 2.19. The fraction of sp³-hybridized carbons (Fsp3) is 0.429. The van der Waals surface area contributed by atoms with Crippen molar-refractivity contribution in [2.24, 2.45) is 11.7 Å². The fourth-order valence-corrected chi connectivity index (χ4v) is 2.61.